The highest BCUT2D eigenvalue weighted by Gasteiger charge is 2.29. The van der Waals surface area contributed by atoms with Crippen LogP contribution in [0.3, 0.4) is 0 Å². The molecular formula is C11H11ClF3NO. The number of alkyl halides is 3. The van der Waals surface area contributed by atoms with E-state index < -0.39 is 12.7 Å². The molecule has 0 heterocycles. The van der Waals surface area contributed by atoms with Crippen LogP contribution in [0, 0.1) is 0 Å². The van der Waals surface area contributed by atoms with Gasteiger partial charge in [0.25, 0.3) is 0 Å². The molecule has 0 fully saturated rings. The Morgan fingerprint density at radius 2 is 2.00 bits per heavy atom. The Morgan fingerprint density at radius 3 is 2.41 bits per heavy atom. The molecule has 0 saturated carbocycles. The van der Waals surface area contributed by atoms with Crippen molar-refractivity contribution < 1.29 is 18.0 Å². The molecule has 0 amide bonds. The average molecular weight is 266 g/mol. The Labute approximate surface area is 102 Å². The van der Waals surface area contributed by atoms with Gasteiger partial charge in [-0.2, -0.15) is 13.2 Å². The summed E-state index contributed by atoms with van der Waals surface area (Å²) in [7, 11) is 1.31. The monoisotopic (exact) mass is 265 g/mol. The Bertz CT molecular complexity index is 431. The highest BCUT2D eigenvalue weighted by molar-refractivity contribution is 6.34. The lowest BCUT2D eigenvalue weighted by atomic mass is 10.1. The molecule has 0 bridgehead atoms. The maximum absolute atomic E-state index is 12.2. The third kappa shape index (κ3) is 3.93. The number of benzene rings is 1. The predicted octanol–water partition coefficient (Wildman–Crippen LogP) is 3.54. The summed E-state index contributed by atoms with van der Waals surface area (Å²) in [5.41, 5.74) is 0.619. The molecule has 1 aromatic rings. The van der Waals surface area contributed by atoms with Gasteiger partial charge in [-0.1, -0.05) is 11.6 Å². The molecule has 94 valence electrons. The summed E-state index contributed by atoms with van der Waals surface area (Å²) >= 11 is 5.81. The number of nitrogens with zero attached hydrogens (tertiary/aromatic N) is 1. The van der Waals surface area contributed by atoms with Crippen molar-refractivity contribution in [2.45, 2.75) is 13.1 Å². The number of halogens is 4. The van der Waals surface area contributed by atoms with E-state index >= 15 is 0 Å². The van der Waals surface area contributed by atoms with Crippen molar-refractivity contribution in [2.24, 2.45) is 0 Å². The highest BCUT2D eigenvalue weighted by Crippen LogP contribution is 2.26. The number of rotatable bonds is 3. The summed E-state index contributed by atoms with van der Waals surface area (Å²) in [4.78, 5) is 12.1. The van der Waals surface area contributed by atoms with Gasteiger partial charge in [0, 0.05) is 18.3 Å². The van der Waals surface area contributed by atoms with Crippen LogP contribution >= 0.6 is 11.6 Å². The Hall–Kier alpha value is -1.23. The van der Waals surface area contributed by atoms with Gasteiger partial charge in [0.2, 0.25) is 0 Å². The maximum Gasteiger partial charge on any atom is 0.405 e. The minimum atomic E-state index is -4.28. The van der Waals surface area contributed by atoms with Crippen molar-refractivity contribution in [3.63, 3.8) is 0 Å². The predicted molar refractivity (Wildman–Crippen MR) is 60.8 cm³/mol. The summed E-state index contributed by atoms with van der Waals surface area (Å²) < 4.78 is 36.5. The third-order valence-corrected chi connectivity index (χ3v) is 2.50. The van der Waals surface area contributed by atoms with Crippen LogP contribution in [0.2, 0.25) is 5.02 Å². The third-order valence-electron chi connectivity index (χ3n) is 2.19. The van der Waals surface area contributed by atoms with E-state index in [0.717, 1.165) is 4.90 Å². The van der Waals surface area contributed by atoms with Crippen molar-refractivity contribution in [1.82, 2.24) is 0 Å². The fourth-order valence-electron chi connectivity index (χ4n) is 1.39. The summed E-state index contributed by atoms with van der Waals surface area (Å²) in [6.45, 7) is 0.281. The molecule has 2 nitrogen and oxygen atoms in total. The van der Waals surface area contributed by atoms with E-state index in [0.29, 0.717) is 11.3 Å². The van der Waals surface area contributed by atoms with Gasteiger partial charge < -0.3 is 4.90 Å². The second-order valence-electron chi connectivity index (χ2n) is 3.69. The number of carbonyl (C=O) groups is 1. The Kier molecular flexibility index (Phi) is 4.03. The molecule has 0 aliphatic carbocycles. The van der Waals surface area contributed by atoms with E-state index in [1.54, 1.807) is 0 Å². The largest absolute Gasteiger partial charge is 0.405 e. The number of Topliss-reactive ketones (excluding diaryl/α,β-unsaturated/α-hetero) is 1. The fraction of sp³-hybridized carbons (Fsp3) is 0.364. The van der Waals surface area contributed by atoms with Crippen LogP contribution < -0.4 is 4.90 Å². The first kappa shape index (κ1) is 13.8. The van der Waals surface area contributed by atoms with Crippen LogP contribution in [0.1, 0.15) is 17.3 Å². The van der Waals surface area contributed by atoms with Gasteiger partial charge in [0.05, 0.1) is 5.02 Å². The van der Waals surface area contributed by atoms with Crippen LogP contribution in [-0.4, -0.2) is 25.6 Å². The molecule has 0 aromatic heterocycles. The molecule has 0 atom stereocenters. The molecule has 0 N–H and O–H groups in total. The molecule has 0 aliphatic heterocycles. The first-order valence-corrected chi connectivity index (χ1v) is 5.17. The molecule has 0 aliphatic rings. The minimum absolute atomic E-state index is 0.157. The summed E-state index contributed by atoms with van der Waals surface area (Å²) in [6.07, 6.45) is -4.28. The number of ketones is 1. The fourth-order valence-corrected chi connectivity index (χ4v) is 1.70. The van der Waals surface area contributed by atoms with E-state index in [4.69, 9.17) is 11.6 Å². The van der Waals surface area contributed by atoms with Crippen LogP contribution in [-0.2, 0) is 0 Å². The molecule has 1 rings (SSSR count). The molecule has 0 saturated heterocycles. The van der Waals surface area contributed by atoms with E-state index in [2.05, 4.69) is 0 Å². The first-order valence-electron chi connectivity index (χ1n) is 4.79. The second kappa shape index (κ2) is 4.96. The Morgan fingerprint density at radius 1 is 1.41 bits per heavy atom. The number of hydrogen-bond donors (Lipinski definition) is 0. The smallest absolute Gasteiger partial charge is 0.366 e. The highest BCUT2D eigenvalue weighted by atomic mass is 35.5. The van der Waals surface area contributed by atoms with Crippen LogP contribution in [0.5, 0.6) is 0 Å². The summed E-state index contributed by atoms with van der Waals surface area (Å²) in [5, 5.41) is 0.157. The van der Waals surface area contributed by atoms with Crippen molar-refractivity contribution in [2.75, 3.05) is 18.5 Å². The van der Waals surface area contributed by atoms with Gasteiger partial charge in [-0.25, -0.2) is 0 Å². The lowest BCUT2D eigenvalue weighted by Crippen LogP contribution is -2.30. The Balaban J connectivity index is 2.94. The number of carbonyl (C=O) groups excluding carboxylic acids is 1. The second-order valence-corrected chi connectivity index (χ2v) is 4.10. The normalized spacial score (nSPS) is 11.4. The topological polar surface area (TPSA) is 20.3 Å². The molecular weight excluding hydrogens is 255 g/mol. The van der Waals surface area contributed by atoms with Gasteiger partial charge >= 0.3 is 6.18 Å². The van der Waals surface area contributed by atoms with Gasteiger partial charge in [-0.15, -0.1) is 0 Å². The average Bonchev–Trinajstić information content (AvgIpc) is 2.14. The van der Waals surface area contributed by atoms with Gasteiger partial charge in [0.1, 0.15) is 6.54 Å². The molecule has 0 unspecified atom stereocenters. The van der Waals surface area contributed by atoms with E-state index in [1.165, 1.54) is 32.2 Å². The maximum atomic E-state index is 12.2. The van der Waals surface area contributed by atoms with E-state index in [9.17, 15) is 18.0 Å². The van der Waals surface area contributed by atoms with Crippen LogP contribution in [0.15, 0.2) is 18.2 Å². The number of hydrogen-bond acceptors (Lipinski definition) is 2. The minimum Gasteiger partial charge on any atom is -0.366 e. The van der Waals surface area contributed by atoms with E-state index in [-0.39, 0.29) is 10.8 Å². The molecule has 0 spiro atoms. The first-order chi connectivity index (χ1) is 7.70. The summed E-state index contributed by atoms with van der Waals surface area (Å²) in [5.74, 6) is -0.222. The molecule has 1 aromatic carbocycles. The van der Waals surface area contributed by atoms with Crippen LogP contribution in [0.4, 0.5) is 18.9 Å². The lowest BCUT2D eigenvalue weighted by Gasteiger charge is -2.21. The van der Waals surface area contributed by atoms with Crippen molar-refractivity contribution in [1.29, 1.82) is 0 Å². The van der Waals surface area contributed by atoms with Crippen molar-refractivity contribution >= 4 is 23.1 Å². The number of anilines is 1. The zero-order valence-corrected chi connectivity index (χ0v) is 10.1. The SMILES string of the molecule is CC(=O)c1ccc(N(C)CC(F)(F)F)cc1Cl. The van der Waals surface area contributed by atoms with Crippen molar-refractivity contribution in [3.05, 3.63) is 28.8 Å². The van der Waals surface area contributed by atoms with Gasteiger partial charge in [-0.05, 0) is 25.1 Å². The quantitative estimate of drug-likeness (QED) is 0.779. The molecule has 17 heavy (non-hydrogen) atoms. The standard InChI is InChI=1S/C11H11ClF3NO/c1-7(17)9-4-3-8(5-10(9)12)16(2)6-11(13,14)15/h3-5H,6H2,1-2H3. The van der Waals surface area contributed by atoms with Crippen molar-refractivity contribution in [3.8, 4) is 0 Å². The zero-order valence-electron chi connectivity index (χ0n) is 9.31. The molecule has 0 radical (unpaired) electrons. The molecule has 6 heteroatoms. The van der Waals surface area contributed by atoms with Gasteiger partial charge in [0.15, 0.2) is 5.78 Å². The summed E-state index contributed by atoms with van der Waals surface area (Å²) in [6, 6.07) is 4.21. The zero-order chi connectivity index (χ0) is 13.2. The van der Waals surface area contributed by atoms with Crippen LogP contribution in [0.25, 0.3) is 0 Å². The van der Waals surface area contributed by atoms with E-state index in [1.807, 2.05) is 0 Å². The van der Waals surface area contributed by atoms with Gasteiger partial charge in [-0.3, -0.25) is 4.79 Å². The lowest BCUT2D eigenvalue weighted by molar-refractivity contribution is -0.119.